The van der Waals surface area contributed by atoms with Crippen molar-refractivity contribution in [3.05, 3.63) is 83.7 Å². The summed E-state index contributed by atoms with van der Waals surface area (Å²) in [6, 6.07) is 17.9. The van der Waals surface area contributed by atoms with E-state index >= 15 is 0 Å². The van der Waals surface area contributed by atoms with Crippen LogP contribution in [0.4, 0.5) is 5.69 Å². The Balaban J connectivity index is 1.55. The van der Waals surface area contributed by atoms with Crippen LogP contribution in [0.15, 0.2) is 67.0 Å². The highest BCUT2D eigenvalue weighted by molar-refractivity contribution is 6.09. The molecule has 190 valence electrons. The Kier molecular flexibility index (Phi) is 7.76. The second kappa shape index (κ2) is 11.5. The van der Waals surface area contributed by atoms with Crippen molar-refractivity contribution in [1.29, 1.82) is 0 Å². The fourth-order valence-corrected chi connectivity index (χ4v) is 4.51. The number of hydrogen-bond donors (Lipinski definition) is 2. The lowest BCUT2D eigenvalue weighted by atomic mass is 9.95. The van der Waals surface area contributed by atoms with Crippen LogP contribution in [0.3, 0.4) is 0 Å². The molecule has 1 aliphatic rings. The van der Waals surface area contributed by atoms with Crippen LogP contribution in [0, 0.1) is 5.92 Å². The maximum Gasteiger partial charge on any atom is 0.213 e. The van der Waals surface area contributed by atoms with Crippen molar-refractivity contribution in [2.75, 3.05) is 11.9 Å². The second-order valence-electron chi connectivity index (χ2n) is 9.73. The van der Waals surface area contributed by atoms with Crippen LogP contribution in [0.1, 0.15) is 60.5 Å². The third-order valence-corrected chi connectivity index (χ3v) is 6.84. The Morgan fingerprint density at radius 3 is 2.62 bits per heavy atom. The summed E-state index contributed by atoms with van der Waals surface area (Å²) in [6.45, 7) is 3.22. The predicted octanol–water partition coefficient (Wildman–Crippen LogP) is 6.56. The zero-order valence-electron chi connectivity index (χ0n) is 21.2. The molecule has 2 aromatic carbocycles. The maximum atomic E-state index is 13.3. The van der Waals surface area contributed by atoms with Crippen molar-refractivity contribution >= 4 is 22.4 Å². The Morgan fingerprint density at radius 2 is 1.92 bits per heavy atom. The molecule has 1 aliphatic carbocycles. The van der Waals surface area contributed by atoms with Gasteiger partial charge in [-0.25, -0.2) is 4.98 Å². The van der Waals surface area contributed by atoms with Crippen LogP contribution in [-0.2, 0) is 13.2 Å². The zero-order valence-corrected chi connectivity index (χ0v) is 21.2. The molecule has 37 heavy (non-hydrogen) atoms. The second-order valence-corrected chi connectivity index (χ2v) is 9.73. The molecule has 2 N–H and O–H groups in total. The molecule has 2 heterocycles. The first-order chi connectivity index (χ1) is 18.2. The highest BCUT2D eigenvalue weighted by atomic mass is 16.5. The van der Waals surface area contributed by atoms with E-state index in [1.54, 1.807) is 12.4 Å². The lowest BCUT2D eigenvalue weighted by Gasteiger charge is -2.17. The van der Waals surface area contributed by atoms with E-state index in [1.807, 2.05) is 42.5 Å². The van der Waals surface area contributed by atoms with Gasteiger partial charge in [-0.05, 0) is 60.1 Å². The molecule has 0 radical (unpaired) electrons. The molecule has 1 saturated carbocycles. The molecule has 0 spiro atoms. The summed E-state index contributed by atoms with van der Waals surface area (Å²) in [4.78, 5) is 22.4. The molecule has 0 atom stereocenters. The number of carbonyl (C=O) groups excluding carboxylic acids is 1. The average Bonchev–Trinajstić information content (AvgIpc) is 3.76. The number of aromatic nitrogens is 2. The number of unbranched alkanes of at least 4 members (excludes halogenated alkanes) is 1. The van der Waals surface area contributed by atoms with Gasteiger partial charge in [0.05, 0.1) is 30.0 Å². The van der Waals surface area contributed by atoms with E-state index in [0.29, 0.717) is 36.9 Å². The number of pyridine rings is 2. The first-order valence-electron chi connectivity index (χ1n) is 13.1. The first-order valence-corrected chi connectivity index (χ1v) is 13.1. The van der Waals surface area contributed by atoms with Crippen molar-refractivity contribution in [1.82, 2.24) is 9.97 Å². The molecule has 5 rings (SSSR count). The highest BCUT2D eigenvalue weighted by Gasteiger charge is 2.27. The molecular formula is C31H33N3O3. The largest absolute Gasteiger partial charge is 0.478 e. The molecule has 0 unspecified atom stereocenters. The number of ketones is 1. The van der Waals surface area contributed by atoms with Gasteiger partial charge in [0.1, 0.15) is 0 Å². The van der Waals surface area contributed by atoms with Gasteiger partial charge in [0, 0.05) is 42.4 Å². The van der Waals surface area contributed by atoms with Gasteiger partial charge in [0.2, 0.25) is 5.88 Å². The van der Waals surface area contributed by atoms with E-state index in [1.165, 1.54) is 0 Å². The van der Waals surface area contributed by atoms with Crippen LogP contribution in [0.2, 0.25) is 0 Å². The van der Waals surface area contributed by atoms with Gasteiger partial charge in [0.15, 0.2) is 5.78 Å². The van der Waals surface area contributed by atoms with Gasteiger partial charge in [-0.3, -0.25) is 9.78 Å². The van der Waals surface area contributed by atoms with Crippen molar-refractivity contribution in [2.24, 2.45) is 5.92 Å². The number of carbonyl (C=O) groups is 1. The fraction of sp³-hybridized carbons (Fsp3) is 0.323. The number of anilines is 1. The normalized spacial score (nSPS) is 13.0. The summed E-state index contributed by atoms with van der Waals surface area (Å²) in [6.07, 6.45) is 8.30. The number of aliphatic hydroxyl groups is 1. The smallest absolute Gasteiger partial charge is 0.213 e. The van der Waals surface area contributed by atoms with E-state index in [-0.39, 0.29) is 12.4 Å². The minimum Gasteiger partial charge on any atom is -0.478 e. The zero-order chi connectivity index (χ0) is 25.6. The molecule has 0 amide bonds. The molecule has 6 heteroatoms. The topological polar surface area (TPSA) is 84.3 Å². The van der Waals surface area contributed by atoms with E-state index in [0.717, 1.165) is 64.5 Å². The number of benzene rings is 2. The molecule has 1 fully saturated rings. The van der Waals surface area contributed by atoms with Crippen LogP contribution in [0.25, 0.3) is 22.0 Å². The number of ether oxygens (including phenoxy) is 1. The van der Waals surface area contributed by atoms with Crippen LogP contribution in [0.5, 0.6) is 5.88 Å². The van der Waals surface area contributed by atoms with Crippen LogP contribution in [-0.4, -0.2) is 27.5 Å². The Bertz CT molecular complexity index is 1370. The van der Waals surface area contributed by atoms with Crippen molar-refractivity contribution in [3.8, 4) is 17.0 Å². The minimum absolute atomic E-state index is 0.121. The van der Waals surface area contributed by atoms with E-state index in [4.69, 9.17) is 4.74 Å². The third-order valence-electron chi connectivity index (χ3n) is 6.84. The standard InChI is InChI=1S/C31H33N3O3/c1-2-3-13-37-30-12-11-23(18-33-30)25-16-26-28(15-24(25)20-35)32-19-27(29(36)14-21-9-10-21)31(26)34-17-22-7-5-4-6-8-22/h4-8,11-12,15-16,18-19,21,35H,2-3,9-10,13-14,17,20H2,1H3,(H,32,34). The maximum absolute atomic E-state index is 13.3. The summed E-state index contributed by atoms with van der Waals surface area (Å²) in [5, 5.41) is 14.6. The quantitative estimate of drug-likeness (QED) is 0.171. The monoisotopic (exact) mass is 495 g/mol. The number of fused-ring (bicyclic) bond motifs is 1. The van der Waals surface area contributed by atoms with Crippen molar-refractivity contribution < 1.29 is 14.6 Å². The number of nitrogens with one attached hydrogen (secondary N) is 1. The molecule has 2 aromatic heterocycles. The van der Waals surface area contributed by atoms with Gasteiger partial charge in [-0.2, -0.15) is 0 Å². The van der Waals surface area contributed by atoms with Gasteiger partial charge in [-0.15, -0.1) is 0 Å². The fourth-order valence-electron chi connectivity index (χ4n) is 4.51. The van der Waals surface area contributed by atoms with E-state index in [2.05, 4.69) is 34.3 Å². The molecule has 4 aromatic rings. The molecule has 0 aliphatic heterocycles. The van der Waals surface area contributed by atoms with Crippen LogP contribution < -0.4 is 10.1 Å². The van der Waals surface area contributed by atoms with E-state index < -0.39 is 0 Å². The molecule has 0 saturated heterocycles. The number of aliphatic hydroxyl groups excluding tert-OH is 1. The Morgan fingerprint density at radius 1 is 1.08 bits per heavy atom. The predicted molar refractivity (Wildman–Crippen MR) is 147 cm³/mol. The van der Waals surface area contributed by atoms with Crippen LogP contribution >= 0.6 is 0 Å². The van der Waals surface area contributed by atoms with Gasteiger partial charge in [0.25, 0.3) is 0 Å². The average molecular weight is 496 g/mol. The summed E-state index contributed by atoms with van der Waals surface area (Å²) in [5.74, 6) is 1.19. The van der Waals surface area contributed by atoms with Crippen molar-refractivity contribution in [3.63, 3.8) is 0 Å². The summed E-state index contributed by atoms with van der Waals surface area (Å²) in [5.41, 5.74) is 5.76. The summed E-state index contributed by atoms with van der Waals surface area (Å²) < 4.78 is 5.72. The summed E-state index contributed by atoms with van der Waals surface area (Å²) in [7, 11) is 0. The Hall–Kier alpha value is -3.77. The number of rotatable bonds is 12. The molecular weight excluding hydrogens is 462 g/mol. The van der Waals surface area contributed by atoms with Gasteiger partial charge in [-0.1, -0.05) is 43.7 Å². The summed E-state index contributed by atoms with van der Waals surface area (Å²) >= 11 is 0. The highest BCUT2D eigenvalue weighted by Crippen LogP contribution is 2.37. The number of Topliss-reactive ketones (excluding diaryl/α,β-unsaturated/α-hetero) is 1. The number of nitrogens with zero attached hydrogens (tertiary/aromatic N) is 2. The third kappa shape index (κ3) is 5.97. The lowest BCUT2D eigenvalue weighted by molar-refractivity contribution is 0.0976. The Labute approximate surface area is 217 Å². The van der Waals surface area contributed by atoms with Gasteiger partial charge >= 0.3 is 0 Å². The molecule has 6 nitrogen and oxygen atoms in total. The van der Waals surface area contributed by atoms with Gasteiger partial charge < -0.3 is 15.2 Å². The first kappa shape index (κ1) is 24.9. The number of hydrogen-bond acceptors (Lipinski definition) is 6. The molecule has 0 bridgehead atoms. The lowest BCUT2D eigenvalue weighted by Crippen LogP contribution is -2.09. The van der Waals surface area contributed by atoms with Crippen molar-refractivity contribution in [2.45, 2.75) is 52.2 Å². The van der Waals surface area contributed by atoms with E-state index in [9.17, 15) is 9.90 Å². The SMILES string of the molecule is CCCCOc1ccc(-c2cc3c(NCc4ccccc4)c(C(=O)CC4CC4)cnc3cc2CO)cn1. The minimum atomic E-state index is -0.128.